The number of aryl methyl sites for hydroxylation is 1. The Bertz CT molecular complexity index is 1160. The highest BCUT2D eigenvalue weighted by Gasteiger charge is 2.70. The van der Waals surface area contributed by atoms with Crippen LogP contribution in [0.15, 0.2) is 23.3 Å². The first kappa shape index (κ1) is 24.5. The summed E-state index contributed by atoms with van der Waals surface area (Å²) in [5.41, 5.74) is 3.30. The molecule has 2 saturated carbocycles. The van der Waals surface area contributed by atoms with Crippen LogP contribution >= 0.6 is 0 Å². The third-order valence-corrected chi connectivity index (χ3v) is 9.93. The minimum Gasteiger partial charge on any atom is -0.454 e. The fourth-order valence-corrected chi connectivity index (χ4v) is 8.10. The molecular weight excluding hydrogens is 440 g/mol. The first-order valence-electron chi connectivity index (χ1n) is 13.2. The SMILES string of the molecule is CC1=CC23C(=O)[C@@H](C=C(CO)C[C@@H]2[C@H]1OC(=O)c1c(C)nn(C(C)C)c1C)[C@H]1[C@@H](CC3C)C1(C)C. The Morgan fingerprint density at radius 2 is 1.94 bits per heavy atom. The Balaban J connectivity index is 1.53. The van der Waals surface area contributed by atoms with E-state index in [1.807, 2.05) is 39.3 Å². The maximum atomic E-state index is 14.4. The molecule has 4 aliphatic rings. The van der Waals surface area contributed by atoms with E-state index in [0.29, 0.717) is 29.5 Å². The van der Waals surface area contributed by atoms with Crippen molar-refractivity contribution in [2.75, 3.05) is 6.61 Å². The molecule has 1 aromatic rings. The molecule has 35 heavy (non-hydrogen) atoms. The van der Waals surface area contributed by atoms with E-state index in [0.717, 1.165) is 23.3 Å². The minimum atomic E-state index is -0.664. The molecule has 190 valence electrons. The summed E-state index contributed by atoms with van der Waals surface area (Å²) in [4.78, 5) is 27.9. The van der Waals surface area contributed by atoms with Crippen LogP contribution in [0, 0.1) is 54.3 Å². The van der Waals surface area contributed by atoms with E-state index in [9.17, 15) is 14.7 Å². The van der Waals surface area contributed by atoms with Gasteiger partial charge < -0.3 is 9.84 Å². The number of allylic oxidation sites excluding steroid dienone is 2. The molecule has 0 aromatic carbocycles. The Labute approximate surface area is 208 Å². The first-order valence-corrected chi connectivity index (χ1v) is 13.2. The highest BCUT2D eigenvalue weighted by atomic mass is 16.5. The molecule has 6 heteroatoms. The number of carbonyl (C=O) groups is 2. The van der Waals surface area contributed by atoms with Crippen LogP contribution in [0.25, 0.3) is 0 Å². The van der Waals surface area contributed by atoms with E-state index >= 15 is 0 Å². The Morgan fingerprint density at radius 1 is 1.26 bits per heavy atom. The molecule has 1 heterocycles. The first-order chi connectivity index (χ1) is 16.4. The zero-order chi connectivity index (χ0) is 25.6. The number of fused-ring (bicyclic) bond motifs is 3. The number of Topliss-reactive ketones (excluding diaryl/α,β-unsaturated/α-hetero) is 1. The quantitative estimate of drug-likeness (QED) is 0.485. The molecule has 1 spiro atoms. The van der Waals surface area contributed by atoms with E-state index in [-0.39, 0.29) is 47.6 Å². The fourth-order valence-electron chi connectivity index (χ4n) is 8.10. The van der Waals surface area contributed by atoms with Gasteiger partial charge in [0.25, 0.3) is 0 Å². The molecule has 7 atom stereocenters. The second-order valence-electron chi connectivity index (χ2n) is 12.5. The highest BCUT2D eigenvalue weighted by molar-refractivity contribution is 5.95. The van der Waals surface area contributed by atoms with Crippen molar-refractivity contribution in [3.63, 3.8) is 0 Å². The summed E-state index contributed by atoms with van der Waals surface area (Å²) < 4.78 is 8.12. The number of rotatable bonds is 4. The molecule has 2 bridgehead atoms. The third kappa shape index (κ3) is 3.28. The Hall–Kier alpha value is -2.21. The van der Waals surface area contributed by atoms with Gasteiger partial charge in [-0.05, 0) is 81.8 Å². The molecule has 1 N–H and O–H groups in total. The van der Waals surface area contributed by atoms with Gasteiger partial charge in [0.2, 0.25) is 0 Å². The molecule has 0 aliphatic heterocycles. The standard InChI is InChI=1S/C29H40N2O4/c1-14(2)31-18(6)23(17(5)30-31)27(34)35-25-15(3)12-29-16(4)9-21-24(28(21,7)8)20(26(29)33)10-19(13-32)11-22(25)29/h10,12,14,16,20-22,24-25,32H,9,11,13H2,1-8H3/t16?,20-,21+,22+,24-,25-,29?/m0/s1. The number of ketones is 1. The molecule has 2 fully saturated rings. The molecule has 6 nitrogen and oxygen atoms in total. The minimum absolute atomic E-state index is 0.0678. The number of esters is 1. The second-order valence-corrected chi connectivity index (χ2v) is 12.5. The van der Waals surface area contributed by atoms with Gasteiger partial charge in [-0.15, -0.1) is 0 Å². The average molecular weight is 481 g/mol. The molecular formula is C29H40N2O4. The summed E-state index contributed by atoms with van der Waals surface area (Å²) in [6.07, 6.45) is 5.28. The molecule has 5 rings (SSSR count). The lowest BCUT2D eigenvalue weighted by Gasteiger charge is -2.40. The lowest BCUT2D eigenvalue weighted by Crippen LogP contribution is -2.46. The van der Waals surface area contributed by atoms with Gasteiger partial charge in [0.1, 0.15) is 11.7 Å². The fraction of sp³-hybridized carbons (Fsp3) is 0.690. The lowest BCUT2D eigenvalue weighted by atomic mass is 9.62. The van der Waals surface area contributed by atoms with Crippen LogP contribution in [0.4, 0.5) is 0 Å². The number of hydrogen-bond acceptors (Lipinski definition) is 5. The summed E-state index contributed by atoms with van der Waals surface area (Å²) in [5, 5.41) is 14.8. The van der Waals surface area contributed by atoms with Crippen LogP contribution < -0.4 is 0 Å². The molecule has 0 amide bonds. The zero-order valence-corrected chi connectivity index (χ0v) is 22.4. The third-order valence-electron chi connectivity index (χ3n) is 9.93. The summed E-state index contributed by atoms with van der Waals surface area (Å²) >= 11 is 0. The van der Waals surface area contributed by atoms with Gasteiger partial charge >= 0.3 is 5.97 Å². The molecule has 1 aromatic heterocycles. The predicted octanol–water partition coefficient (Wildman–Crippen LogP) is 4.99. The molecule has 4 aliphatic carbocycles. The van der Waals surface area contributed by atoms with Crippen molar-refractivity contribution in [3.05, 3.63) is 40.2 Å². The highest BCUT2D eigenvalue weighted by Crippen LogP contribution is 2.71. The van der Waals surface area contributed by atoms with Crippen LogP contribution in [0.1, 0.15) is 82.2 Å². The number of carbonyl (C=O) groups excluding carboxylic acids is 2. The van der Waals surface area contributed by atoms with Crippen LogP contribution in [0.5, 0.6) is 0 Å². The van der Waals surface area contributed by atoms with Crippen LogP contribution in [0.2, 0.25) is 0 Å². The molecule has 0 radical (unpaired) electrons. The van der Waals surface area contributed by atoms with Crippen molar-refractivity contribution in [1.29, 1.82) is 0 Å². The molecule has 2 unspecified atom stereocenters. The maximum Gasteiger partial charge on any atom is 0.342 e. The number of hydrogen-bond donors (Lipinski definition) is 1. The van der Waals surface area contributed by atoms with Crippen molar-refractivity contribution in [2.45, 2.75) is 80.4 Å². The van der Waals surface area contributed by atoms with Gasteiger partial charge in [-0.25, -0.2) is 4.79 Å². The van der Waals surface area contributed by atoms with Gasteiger partial charge in [-0.2, -0.15) is 5.10 Å². The van der Waals surface area contributed by atoms with Crippen LogP contribution in [0.3, 0.4) is 0 Å². The van der Waals surface area contributed by atoms with Gasteiger partial charge in [-0.3, -0.25) is 9.48 Å². The van der Waals surface area contributed by atoms with E-state index in [4.69, 9.17) is 4.74 Å². The average Bonchev–Trinajstić information content (AvgIpc) is 3.08. The Morgan fingerprint density at radius 3 is 2.54 bits per heavy atom. The van der Waals surface area contributed by atoms with Crippen molar-refractivity contribution in [3.8, 4) is 0 Å². The van der Waals surface area contributed by atoms with Gasteiger partial charge in [0.15, 0.2) is 5.78 Å². The van der Waals surface area contributed by atoms with Crippen molar-refractivity contribution in [1.82, 2.24) is 9.78 Å². The normalized spacial score (nSPS) is 37.1. The number of nitrogens with zero attached hydrogens (tertiary/aromatic N) is 2. The van der Waals surface area contributed by atoms with E-state index < -0.39 is 11.5 Å². The van der Waals surface area contributed by atoms with Crippen LogP contribution in [-0.4, -0.2) is 39.4 Å². The van der Waals surface area contributed by atoms with Crippen molar-refractivity contribution >= 4 is 11.8 Å². The van der Waals surface area contributed by atoms with E-state index in [1.165, 1.54) is 0 Å². The van der Waals surface area contributed by atoms with Gasteiger partial charge in [-0.1, -0.05) is 32.9 Å². The molecule has 0 saturated heterocycles. The van der Waals surface area contributed by atoms with Gasteiger partial charge in [0.05, 0.1) is 23.4 Å². The van der Waals surface area contributed by atoms with Crippen molar-refractivity contribution < 1.29 is 19.4 Å². The van der Waals surface area contributed by atoms with E-state index in [2.05, 4.69) is 38.0 Å². The summed E-state index contributed by atoms with van der Waals surface area (Å²) in [6.45, 7) is 16.5. The lowest BCUT2D eigenvalue weighted by molar-refractivity contribution is -0.135. The largest absolute Gasteiger partial charge is 0.454 e. The zero-order valence-electron chi connectivity index (χ0n) is 22.4. The summed E-state index contributed by atoms with van der Waals surface area (Å²) in [6, 6.07) is 0.141. The topological polar surface area (TPSA) is 81.4 Å². The van der Waals surface area contributed by atoms with Gasteiger partial charge in [0, 0.05) is 17.9 Å². The summed E-state index contributed by atoms with van der Waals surface area (Å²) in [7, 11) is 0. The number of ether oxygens (including phenoxy) is 1. The number of aliphatic hydroxyl groups is 1. The monoisotopic (exact) mass is 480 g/mol. The number of aliphatic hydroxyl groups excluding tert-OH is 1. The smallest absolute Gasteiger partial charge is 0.342 e. The summed E-state index contributed by atoms with van der Waals surface area (Å²) in [5.74, 6) is 0.474. The van der Waals surface area contributed by atoms with Crippen molar-refractivity contribution in [2.24, 2.45) is 40.4 Å². The van der Waals surface area contributed by atoms with E-state index in [1.54, 1.807) is 0 Å². The Kier molecular flexibility index (Phi) is 5.52. The number of aromatic nitrogens is 2. The predicted molar refractivity (Wildman–Crippen MR) is 134 cm³/mol. The van der Waals surface area contributed by atoms with Crippen LogP contribution in [-0.2, 0) is 9.53 Å². The second kappa shape index (κ2) is 7.89. The maximum absolute atomic E-state index is 14.4.